The minimum atomic E-state index is -1.45. The van der Waals surface area contributed by atoms with Gasteiger partial charge in [-0.3, -0.25) is 4.79 Å². The second-order valence-corrected chi connectivity index (χ2v) is 9.09. The first-order valence-electron chi connectivity index (χ1n) is 11.9. The van der Waals surface area contributed by atoms with Crippen molar-refractivity contribution in [2.75, 3.05) is 0 Å². The third kappa shape index (κ3) is 4.50. The van der Waals surface area contributed by atoms with Gasteiger partial charge in [-0.2, -0.15) is 0 Å². The fourth-order valence-corrected chi connectivity index (χ4v) is 4.75. The summed E-state index contributed by atoms with van der Waals surface area (Å²) in [7, 11) is 0. The Morgan fingerprint density at radius 2 is 1.53 bits per heavy atom. The number of carbonyl (C=O) groups is 2. The van der Waals surface area contributed by atoms with Crippen LogP contribution in [0.4, 0.5) is 0 Å². The van der Waals surface area contributed by atoms with Crippen LogP contribution in [-0.4, -0.2) is 37.5 Å². The van der Waals surface area contributed by atoms with Gasteiger partial charge < -0.3 is 35.0 Å². The lowest BCUT2D eigenvalue weighted by Crippen LogP contribution is -2.23. The molecule has 1 aliphatic carbocycles. The predicted molar refractivity (Wildman–Crippen MR) is 136 cm³/mol. The Kier molecular flexibility index (Phi) is 6.42. The summed E-state index contributed by atoms with van der Waals surface area (Å²) < 4.78 is 11.4. The number of hydrogen-bond donors (Lipinski definition) is 5. The van der Waals surface area contributed by atoms with Crippen LogP contribution in [0, 0.1) is 0 Å². The molecule has 1 aliphatic rings. The fourth-order valence-electron chi connectivity index (χ4n) is 4.75. The molecule has 0 heterocycles. The minimum Gasteiger partial charge on any atom is -0.504 e. The van der Waals surface area contributed by atoms with Crippen molar-refractivity contribution in [2.45, 2.75) is 31.8 Å². The summed E-state index contributed by atoms with van der Waals surface area (Å²) in [6.45, 7) is 0.404. The topological polar surface area (TPSA) is 154 Å². The maximum absolute atomic E-state index is 13.3. The lowest BCUT2D eigenvalue weighted by Gasteiger charge is -2.25. The molecule has 0 saturated carbocycles. The van der Waals surface area contributed by atoms with Gasteiger partial charge in [0.25, 0.3) is 0 Å². The Morgan fingerprint density at radius 1 is 0.842 bits per heavy atom. The summed E-state index contributed by atoms with van der Waals surface area (Å²) in [5, 5.41) is 49.3. The van der Waals surface area contributed by atoms with Gasteiger partial charge in [-0.05, 0) is 60.2 Å². The molecule has 5 rings (SSSR count). The quantitative estimate of drug-likeness (QED) is 0.103. The van der Waals surface area contributed by atoms with Crippen LogP contribution in [0.25, 0.3) is 10.8 Å². The number of rotatable bonds is 6. The zero-order valence-corrected chi connectivity index (χ0v) is 20.0. The highest BCUT2D eigenvalue weighted by atomic mass is 16.5. The van der Waals surface area contributed by atoms with E-state index in [9.17, 15) is 35.1 Å². The molecule has 0 amide bonds. The zero-order valence-electron chi connectivity index (χ0n) is 20.0. The average Bonchev–Trinajstić information content (AvgIpc) is 2.93. The molecule has 9 heteroatoms. The van der Waals surface area contributed by atoms with Crippen LogP contribution < -0.4 is 9.47 Å². The van der Waals surface area contributed by atoms with E-state index in [2.05, 4.69) is 0 Å². The first kappa shape index (κ1) is 24.8. The van der Waals surface area contributed by atoms with Crippen LogP contribution in [0.1, 0.15) is 45.8 Å². The van der Waals surface area contributed by atoms with E-state index in [1.165, 1.54) is 0 Å². The molecule has 9 nitrogen and oxygen atoms in total. The number of fused-ring (bicyclic) bond motifs is 2. The number of phenols is 4. The zero-order chi connectivity index (χ0) is 27.0. The maximum atomic E-state index is 13.3. The number of benzene rings is 4. The SMILES string of the molecule is O=C(O)c1cc2c(O)c(O)c(O)c(O)c2cc1OC(=O)C1CCCc2cc(OCc3ccccc3)ccc21. The molecule has 5 N–H and O–H groups in total. The number of aromatic hydroxyl groups is 4. The number of carboxylic acid groups (broad SMARTS) is 1. The number of hydrogen-bond acceptors (Lipinski definition) is 8. The van der Waals surface area contributed by atoms with Crippen molar-refractivity contribution in [3.8, 4) is 34.5 Å². The Balaban J connectivity index is 1.43. The number of ether oxygens (including phenoxy) is 2. The number of carbonyl (C=O) groups excluding carboxylic acids is 1. The Labute approximate surface area is 216 Å². The summed E-state index contributed by atoms with van der Waals surface area (Å²) in [5.41, 5.74) is 2.25. The van der Waals surface area contributed by atoms with Gasteiger partial charge in [0.2, 0.25) is 11.5 Å². The van der Waals surface area contributed by atoms with Crippen LogP contribution in [-0.2, 0) is 17.8 Å². The van der Waals surface area contributed by atoms with Crippen molar-refractivity contribution in [2.24, 2.45) is 0 Å². The van der Waals surface area contributed by atoms with E-state index >= 15 is 0 Å². The number of aromatic carboxylic acids is 1. The average molecular weight is 517 g/mol. The Bertz CT molecular complexity index is 1560. The van der Waals surface area contributed by atoms with Gasteiger partial charge in [0.15, 0.2) is 11.5 Å². The summed E-state index contributed by atoms with van der Waals surface area (Å²) >= 11 is 0. The summed E-state index contributed by atoms with van der Waals surface area (Å²) in [6, 6.07) is 17.2. The highest BCUT2D eigenvalue weighted by Crippen LogP contribution is 2.50. The van der Waals surface area contributed by atoms with Gasteiger partial charge in [-0.1, -0.05) is 36.4 Å². The lowest BCUT2D eigenvalue weighted by atomic mass is 9.82. The molecule has 4 aromatic carbocycles. The Morgan fingerprint density at radius 3 is 2.21 bits per heavy atom. The van der Waals surface area contributed by atoms with Crippen LogP contribution in [0.5, 0.6) is 34.5 Å². The van der Waals surface area contributed by atoms with Crippen molar-refractivity contribution < 1.29 is 44.6 Å². The largest absolute Gasteiger partial charge is 0.504 e. The molecule has 0 radical (unpaired) electrons. The molecule has 0 aliphatic heterocycles. The standard InChI is InChI=1S/C29H24O9/c30-24-20-12-22(28(34)35)23(13-21(20)25(31)27(33)26(24)32)38-29(36)19-8-4-7-16-11-17(9-10-18(16)19)37-14-15-5-2-1-3-6-15/h1-3,5-6,9-13,19,30-33H,4,7-8,14H2,(H,34,35). The highest BCUT2D eigenvalue weighted by Gasteiger charge is 2.30. The van der Waals surface area contributed by atoms with Gasteiger partial charge in [0.05, 0.1) is 5.92 Å². The van der Waals surface area contributed by atoms with Gasteiger partial charge >= 0.3 is 11.9 Å². The van der Waals surface area contributed by atoms with E-state index in [-0.39, 0.29) is 16.5 Å². The number of phenolic OH excluding ortho intramolecular Hbond substituents is 4. The van der Waals surface area contributed by atoms with Gasteiger partial charge in [-0.25, -0.2) is 4.79 Å². The molecular weight excluding hydrogens is 492 g/mol. The second kappa shape index (κ2) is 9.85. The normalized spacial score (nSPS) is 14.6. The van der Waals surface area contributed by atoms with Gasteiger partial charge in [0.1, 0.15) is 23.7 Å². The van der Waals surface area contributed by atoms with E-state index in [4.69, 9.17) is 9.47 Å². The van der Waals surface area contributed by atoms with E-state index in [1.54, 1.807) is 6.07 Å². The van der Waals surface area contributed by atoms with Crippen LogP contribution >= 0.6 is 0 Å². The Hall–Kier alpha value is -4.92. The molecule has 194 valence electrons. The van der Waals surface area contributed by atoms with Crippen LogP contribution in [0.15, 0.2) is 60.7 Å². The highest BCUT2D eigenvalue weighted by molar-refractivity contribution is 6.04. The molecule has 0 bridgehead atoms. The molecular formula is C29H24O9. The number of aryl methyl sites for hydroxylation is 1. The molecule has 0 saturated heterocycles. The number of esters is 1. The summed E-state index contributed by atoms with van der Waals surface area (Å²) in [4.78, 5) is 25.2. The van der Waals surface area contributed by atoms with Crippen LogP contribution in [0.2, 0.25) is 0 Å². The third-order valence-corrected chi connectivity index (χ3v) is 6.71. The maximum Gasteiger partial charge on any atom is 0.339 e. The molecule has 1 atom stereocenters. The molecule has 0 aromatic heterocycles. The molecule has 0 fully saturated rings. The smallest absolute Gasteiger partial charge is 0.339 e. The van der Waals surface area contributed by atoms with Crippen molar-refractivity contribution >= 4 is 22.7 Å². The van der Waals surface area contributed by atoms with E-state index in [0.29, 0.717) is 25.2 Å². The first-order valence-corrected chi connectivity index (χ1v) is 11.9. The van der Waals surface area contributed by atoms with Crippen molar-refractivity contribution in [1.82, 2.24) is 0 Å². The van der Waals surface area contributed by atoms with Gasteiger partial charge in [0, 0.05) is 10.8 Å². The van der Waals surface area contributed by atoms with Crippen molar-refractivity contribution in [3.63, 3.8) is 0 Å². The van der Waals surface area contributed by atoms with E-state index < -0.39 is 46.4 Å². The van der Waals surface area contributed by atoms with Crippen molar-refractivity contribution in [3.05, 3.63) is 82.9 Å². The third-order valence-electron chi connectivity index (χ3n) is 6.71. The monoisotopic (exact) mass is 516 g/mol. The molecule has 1 unspecified atom stereocenters. The van der Waals surface area contributed by atoms with Crippen LogP contribution in [0.3, 0.4) is 0 Å². The predicted octanol–water partition coefficient (Wildman–Crippen LogP) is 4.96. The minimum absolute atomic E-state index is 0.199. The number of carboxylic acids is 1. The molecule has 0 spiro atoms. The lowest BCUT2D eigenvalue weighted by molar-refractivity contribution is -0.136. The second-order valence-electron chi connectivity index (χ2n) is 9.09. The fraction of sp³-hybridized carbons (Fsp3) is 0.172. The summed E-state index contributed by atoms with van der Waals surface area (Å²) in [5.74, 6) is -6.09. The van der Waals surface area contributed by atoms with E-state index in [1.807, 2.05) is 42.5 Å². The van der Waals surface area contributed by atoms with Crippen molar-refractivity contribution in [1.29, 1.82) is 0 Å². The van der Waals surface area contributed by atoms with Gasteiger partial charge in [-0.15, -0.1) is 0 Å². The molecule has 4 aromatic rings. The summed E-state index contributed by atoms with van der Waals surface area (Å²) in [6.07, 6.45) is 1.95. The first-order chi connectivity index (χ1) is 18.2. The van der Waals surface area contributed by atoms with E-state index in [0.717, 1.165) is 35.2 Å². The molecule has 38 heavy (non-hydrogen) atoms.